The van der Waals surface area contributed by atoms with Crippen LogP contribution >= 0.6 is 11.3 Å². The second-order valence-electron chi connectivity index (χ2n) is 4.23. The highest BCUT2D eigenvalue weighted by Gasteiger charge is 2.18. The molecule has 2 rings (SSSR count). The molecule has 0 fully saturated rings. The third-order valence-electron chi connectivity index (χ3n) is 2.80. The Balaban J connectivity index is 2.26. The van der Waals surface area contributed by atoms with Crippen molar-refractivity contribution in [2.75, 3.05) is 11.1 Å². The van der Waals surface area contributed by atoms with Crippen molar-refractivity contribution >= 4 is 27.9 Å². The standard InChI is InChI=1S/C14H13N3OS/c1-8-3-5-10(6-4-8)17-14(18)12-9(2)11(7-15)13(16)19-12/h3-6H,16H2,1-2H3,(H,17,18). The Morgan fingerprint density at radius 1 is 1.32 bits per heavy atom. The zero-order valence-electron chi connectivity index (χ0n) is 10.7. The van der Waals surface area contributed by atoms with Gasteiger partial charge in [-0.2, -0.15) is 5.26 Å². The maximum Gasteiger partial charge on any atom is 0.266 e. The summed E-state index contributed by atoms with van der Waals surface area (Å²) in [6.45, 7) is 3.71. The van der Waals surface area contributed by atoms with Crippen molar-refractivity contribution in [3.63, 3.8) is 0 Å². The van der Waals surface area contributed by atoms with Crippen LogP contribution in [0.3, 0.4) is 0 Å². The van der Waals surface area contributed by atoms with Crippen LogP contribution in [-0.4, -0.2) is 5.91 Å². The van der Waals surface area contributed by atoms with Crippen LogP contribution in [0.1, 0.15) is 26.4 Å². The van der Waals surface area contributed by atoms with Gasteiger partial charge in [-0.25, -0.2) is 0 Å². The van der Waals surface area contributed by atoms with E-state index in [-0.39, 0.29) is 5.91 Å². The molecule has 19 heavy (non-hydrogen) atoms. The smallest absolute Gasteiger partial charge is 0.266 e. The number of hydrogen-bond donors (Lipinski definition) is 2. The molecule has 0 aliphatic rings. The van der Waals surface area contributed by atoms with E-state index in [9.17, 15) is 4.79 Å². The summed E-state index contributed by atoms with van der Waals surface area (Å²) in [7, 11) is 0. The molecular formula is C14H13N3OS. The number of carbonyl (C=O) groups excluding carboxylic acids is 1. The fourth-order valence-corrected chi connectivity index (χ4v) is 2.64. The lowest BCUT2D eigenvalue weighted by molar-refractivity contribution is 0.103. The minimum Gasteiger partial charge on any atom is -0.389 e. The third kappa shape index (κ3) is 2.59. The summed E-state index contributed by atoms with van der Waals surface area (Å²) in [5, 5.41) is 12.1. The van der Waals surface area contributed by atoms with Crippen LogP contribution < -0.4 is 11.1 Å². The number of nitrogen functional groups attached to an aromatic ring is 1. The van der Waals surface area contributed by atoms with Gasteiger partial charge in [0.1, 0.15) is 11.1 Å². The zero-order valence-corrected chi connectivity index (χ0v) is 11.5. The first kappa shape index (κ1) is 13.1. The summed E-state index contributed by atoms with van der Waals surface area (Å²) in [5.74, 6) is -0.237. The highest BCUT2D eigenvalue weighted by Crippen LogP contribution is 2.30. The second kappa shape index (κ2) is 5.12. The van der Waals surface area contributed by atoms with Crippen LogP contribution in [0.2, 0.25) is 0 Å². The van der Waals surface area contributed by atoms with Gasteiger partial charge in [0.15, 0.2) is 0 Å². The summed E-state index contributed by atoms with van der Waals surface area (Å²) in [6.07, 6.45) is 0. The summed E-state index contributed by atoms with van der Waals surface area (Å²) < 4.78 is 0. The number of amides is 1. The van der Waals surface area contributed by atoms with Gasteiger partial charge in [-0.3, -0.25) is 4.79 Å². The average molecular weight is 271 g/mol. The molecule has 0 radical (unpaired) electrons. The summed E-state index contributed by atoms with van der Waals surface area (Å²) in [5.41, 5.74) is 8.59. The van der Waals surface area contributed by atoms with E-state index in [0.29, 0.717) is 21.0 Å². The highest BCUT2D eigenvalue weighted by atomic mass is 32.1. The van der Waals surface area contributed by atoms with Crippen LogP contribution in [0.25, 0.3) is 0 Å². The molecule has 2 aromatic rings. The van der Waals surface area contributed by atoms with Crippen LogP contribution in [0.15, 0.2) is 24.3 Å². The third-order valence-corrected chi connectivity index (χ3v) is 3.92. The Labute approximate surface area is 115 Å². The SMILES string of the molecule is Cc1ccc(NC(=O)c2sc(N)c(C#N)c2C)cc1. The lowest BCUT2D eigenvalue weighted by Crippen LogP contribution is -2.11. The molecule has 0 saturated heterocycles. The van der Waals surface area contributed by atoms with Gasteiger partial charge in [0.25, 0.3) is 5.91 Å². The van der Waals surface area contributed by atoms with Gasteiger partial charge >= 0.3 is 0 Å². The second-order valence-corrected chi connectivity index (χ2v) is 5.28. The van der Waals surface area contributed by atoms with Crippen molar-refractivity contribution in [1.82, 2.24) is 0 Å². The lowest BCUT2D eigenvalue weighted by Gasteiger charge is -2.04. The molecule has 4 nitrogen and oxygen atoms in total. The summed E-state index contributed by atoms with van der Waals surface area (Å²) >= 11 is 1.14. The Morgan fingerprint density at radius 3 is 2.47 bits per heavy atom. The van der Waals surface area contributed by atoms with Crippen molar-refractivity contribution in [3.05, 3.63) is 45.8 Å². The van der Waals surface area contributed by atoms with Crippen molar-refractivity contribution in [2.45, 2.75) is 13.8 Å². The summed E-state index contributed by atoms with van der Waals surface area (Å²) in [4.78, 5) is 12.6. The van der Waals surface area contributed by atoms with E-state index in [4.69, 9.17) is 11.0 Å². The Hall–Kier alpha value is -2.32. The quantitative estimate of drug-likeness (QED) is 0.881. The maximum absolute atomic E-state index is 12.1. The highest BCUT2D eigenvalue weighted by molar-refractivity contribution is 7.18. The molecule has 96 valence electrons. The summed E-state index contributed by atoms with van der Waals surface area (Å²) in [6, 6.07) is 9.54. The molecule has 1 aromatic carbocycles. The van der Waals surface area contributed by atoms with Gasteiger partial charge in [0, 0.05) is 5.69 Å². The van der Waals surface area contributed by atoms with Gasteiger partial charge in [-0.15, -0.1) is 11.3 Å². The van der Waals surface area contributed by atoms with Crippen LogP contribution in [0, 0.1) is 25.2 Å². The first-order valence-electron chi connectivity index (χ1n) is 5.70. The fraction of sp³-hybridized carbons (Fsp3) is 0.143. The Morgan fingerprint density at radius 2 is 1.95 bits per heavy atom. The molecule has 0 bridgehead atoms. The molecule has 0 saturated carbocycles. The normalized spacial score (nSPS) is 9.95. The Kier molecular flexibility index (Phi) is 3.54. The molecule has 0 unspecified atom stereocenters. The molecule has 0 atom stereocenters. The number of nitrogens with zero attached hydrogens (tertiary/aromatic N) is 1. The minimum atomic E-state index is -0.237. The first-order chi connectivity index (χ1) is 9.02. The number of nitrogens with one attached hydrogen (secondary N) is 1. The van der Waals surface area contributed by atoms with E-state index in [1.54, 1.807) is 6.92 Å². The van der Waals surface area contributed by atoms with Crippen LogP contribution in [0.5, 0.6) is 0 Å². The van der Waals surface area contributed by atoms with Crippen molar-refractivity contribution in [2.24, 2.45) is 0 Å². The van der Waals surface area contributed by atoms with Gasteiger partial charge in [0.05, 0.1) is 10.4 Å². The number of nitrogens with two attached hydrogens (primary N) is 1. The van der Waals surface area contributed by atoms with E-state index >= 15 is 0 Å². The fourth-order valence-electron chi connectivity index (χ4n) is 1.72. The minimum absolute atomic E-state index is 0.237. The van der Waals surface area contributed by atoms with Crippen molar-refractivity contribution in [1.29, 1.82) is 5.26 Å². The number of aryl methyl sites for hydroxylation is 1. The monoisotopic (exact) mass is 271 g/mol. The predicted molar refractivity (Wildman–Crippen MR) is 77.3 cm³/mol. The van der Waals surface area contributed by atoms with Crippen molar-refractivity contribution < 1.29 is 4.79 Å². The van der Waals surface area contributed by atoms with Gasteiger partial charge in [-0.1, -0.05) is 17.7 Å². The number of nitriles is 1. The molecule has 1 amide bonds. The van der Waals surface area contributed by atoms with E-state index in [2.05, 4.69) is 5.32 Å². The molecule has 1 heterocycles. The molecular weight excluding hydrogens is 258 g/mol. The molecule has 5 heteroatoms. The maximum atomic E-state index is 12.1. The number of hydrogen-bond acceptors (Lipinski definition) is 4. The van der Waals surface area contributed by atoms with Gasteiger partial charge in [0.2, 0.25) is 0 Å². The van der Waals surface area contributed by atoms with E-state index in [0.717, 1.165) is 22.6 Å². The predicted octanol–water partition coefficient (Wildman–Crippen LogP) is 3.07. The number of rotatable bonds is 2. The van der Waals surface area contributed by atoms with Gasteiger partial charge < -0.3 is 11.1 Å². The van der Waals surface area contributed by atoms with Gasteiger partial charge in [-0.05, 0) is 31.5 Å². The topological polar surface area (TPSA) is 78.9 Å². The van der Waals surface area contributed by atoms with E-state index in [1.807, 2.05) is 37.3 Å². The Bertz CT molecular complexity index is 665. The number of benzene rings is 1. The van der Waals surface area contributed by atoms with Crippen LogP contribution in [0.4, 0.5) is 10.7 Å². The molecule has 0 spiro atoms. The lowest BCUT2D eigenvalue weighted by atomic mass is 10.1. The molecule has 0 aliphatic carbocycles. The molecule has 1 aromatic heterocycles. The largest absolute Gasteiger partial charge is 0.389 e. The zero-order chi connectivity index (χ0) is 14.0. The molecule has 3 N–H and O–H groups in total. The number of anilines is 2. The van der Waals surface area contributed by atoms with E-state index < -0.39 is 0 Å². The van der Waals surface area contributed by atoms with Crippen molar-refractivity contribution in [3.8, 4) is 6.07 Å². The number of carbonyl (C=O) groups is 1. The first-order valence-corrected chi connectivity index (χ1v) is 6.51. The van der Waals surface area contributed by atoms with E-state index in [1.165, 1.54) is 0 Å². The number of thiophene rings is 1. The van der Waals surface area contributed by atoms with Crippen LogP contribution in [-0.2, 0) is 0 Å². The molecule has 0 aliphatic heterocycles. The average Bonchev–Trinajstić information content (AvgIpc) is 2.67.